The van der Waals surface area contributed by atoms with Gasteiger partial charge in [0, 0.05) is 0 Å². The van der Waals surface area contributed by atoms with Crippen molar-refractivity contribution in [1.29, 1.82) is 0 Å². The van der Waals surface area contributed by atoms with Crippen LogP contribution in [-0.4, -0.2) is 0 Å². The monoisotopic (exact) mass is 1630 g/mol. The zero-order valence-corrected chi connectivity index (χ0v) is 87.6. The smallest absolute Gasteiger partial charge is 0.0131 e. The summed E-state index contributed by atoms with van der Waals surface area (Å²) >= 11 is 0. The molecule has 117 heavy (non-hydrogen) atoms. The molecule has 6 rings (SSSR count). The van der Waals surface area contributed by atoms with E-state index >= 15 is 0 Å². The molecule has 3 aliphatic rings. The third-order valence-electron chi connectivity index (χ3n) is 31.2. The molecule has 18 atom stereocenters. The second-order valence-corrected chi connectivity index (χ2v) is 45.9. The zero-order chi connectivity index (χ0) is 89.8. The minimum atomic E-state index is 0.383. The van der Waals surface area contributed by atoms with E-state index in [4.69, 9.17) is 0 Å². The molecule has 3 fully saturated rings. The highest BCUT2D eigenvalue weighted by atomic mass is 14.4. The lowest BCUT2D eigenvalue weighted by Crippen LogP contribution is -2.33. The molecule has 0 amide bonds. The van der Waals surface area contributed by atoms with E-state index in [1.165, 1.54) is 222 Å². The first-order chi connectivity index (χ1) is 54.8. The van der Waals surface area contributed by atoms with Crippen molar-refractivity contribution in [1.82, 2.24) is 0 Å². The lowest BCUT2D eigenvalue weighted by atomic mass is 9.64. The third kappa shape index (κ3) is 49.8. The van der Waals surface area contributed by atoms with Crippen LogP contribution in [0.2, 0.25) is 0 Å². The van der Waals surface area contributed by atoms with E-state index in [2.05, 4.69) is 361 Å². The number of hydrogen-bond acceptors (Lipinski definition) is 0. The molecule has 3 aromatic rings. The topological polar surface area (TPSA) is 0 Å². The summed E-state index contributed by atoms with van der Waals surface area (Å²) in [4.78, 5) is 0. The van der Waals surface area contributed by atoms with Crippen molar-refractivity contribution < 1.29 is 0 Å². The van der Waals surface area contributed by atoms with E-state index in [9.17, 15) is 0 Å². The second kappa shape index (κ2) is 64.4. The highest BCUT2D eigenvalue weighted by Gasteiger charge is 2.37. The molecule has 0 bridgehead atoms. The van der Waals surface area contributed by atoms with Gasteiger partial charge in [-0.25, -0.2) is 0 Å². The van der Waals surface area contributed by atoms with Crippen molar-refractivity contribution in [3.05, 3.63) is 108 Å². The Morgan fingerprint density at radius 1 is 0.308 bits per heavy atom. The maximum Gasteiger partial charge on any atom is -0.0131 e. The van der Waals surface area contributed by atoms with Crippen LogP contribution in [0.25, 0.3) is 0 Å². The predicted octanol–water partition coefficient (Wildman–Crippen LogP) is 40.4. The minimum absolute atomic E-state index is 0.383. The molecule has 0 spiro atoms. The van der Waals surface area contributed by atoms with Crippen LogP contribution < -0.4 is 0 Å². The summed E-state index contributed by atoms with van der Waals surface area (Å²) in [5.41, 5.74) is 6.32. The zero-order valence-electron chi connectivity index (χ0n) is 87.6. The Morgan fingerprint density at radius 3 is 0.915 bits per heavy atom. The summed E-state index contributed by atoms with van der Waals surface area (Å²) in [5.74, 6) is 21.2. The van der Waals surface area contributed by atoms with Gasteiger partial charge in [-0.1, -0.05) is 515 Å². The average molecular weight is 1630 g/mol. The molecule has 0 heterocycles. The molecular weight excluding hydrogens is 1410 g/mol. The van der Waals surface area contributed by atoms with Crippen LogP contribution in [0.15, 0.2) is 91.0 Å². The van der Waals surface area contributed by atoms with E-state index in [1.807, 2.05) is 0 Å². The highest BCUT2D eigenvalue weighted by molar-refractivity contribution is 5.22. The van der Waals surface area contributed by atoms with E-state index < -0.39 is 0 Å². The lowest BCUT2D eigenvalue weighted by Gasteiger charge is -2.41. The van der Waals surface area contributed by atoms with Gasteiger partial charge in [-0.2, -0.15) is 0 Å². The first kappa shape index (κ1) is 117. The van der Waals surface area contributed by atoms with Crippen LogP contribution in [0.3, 0.4) is 0 Å². The van der Waals surface area contributed by atoms with Crippen molar-refractivity contribution in [3.8, 4) is 0 Å². The lowest BCUT2D eigenvalue weighted by molar-refractivity contribution is 0.0843. The fraction of sp³-hybridized carbons (Fsp3) is 0.846. The fourth-order valence-electron chi connectivity index (χ4n) is 21.3. The van der Waals surface area contributed by atoms with Gasteiger partial charge in [0.2, 0.25) is 0 Å². The summed E-state index contributed by atoms with van der Waals surface area (Å²) in [5, 5.41) is 0. The molecule has 0 radical (unpaired) electrons. The van der Waals surface area contributed by atoms with Crippen LogP contribution in [-0.2, 0) is 0 Å². The Kier molecular flexibility index (Phi) is 64.2. The SMILES string of the molecule is CC(C1CCCC[C@H]1C)C1CCCC[C@@H]1C.CCC(C)C(C)C(CC)C(C)(C)C.CCC(CC(CC)C(C)(C)C)C(C)(C)C.CCCC(C[C@@H](C)C(C)C)C(C)C.CCCC(C[C@@H](C)C1CCCC1)C(C)C.CCCCC(c1ccccc1)C(C)C.CCCCC(c1ccccc1)C(C)C.CCCCC(c1ccccc1)[C@@H](C)C(C)(C)C. The van der Waals surface area contributed by atoms with E-state index in [-0.39, 0.29) is 0 Å². The van der Waals surface area contributed by atoms with Gasteiger partial charge in [0.05, 0.1) is 0 Å². The predicted molar refractivity (Wildman–Crippen MR) is 540 cm³/mol. The Balaban J connectivity index is 0. The molecule has 0 saturated heterocycles. The molecule has 0 N–H and O–H groups in total. The van der Waals surface area contributed by atoms with Gasteiger partial charge in [0.25, 0.3) is 0 Å². The third-order valence-corrected chi connectivity index (χ3v) is 31.2. The van der Waals surface area contributed by atoms with Crippen molar-refractivity contribution in [2.75, 3.05) is 0 Å². The minimum Gasteiger partial charge on any atom is -0.0654 e. The summed E-state index contributed by atoms with van der Waals surface area (Å²) in [7, 11) is 0. The van der Waals surface area contributed by atoms with Crippen LogP contribution in [0.1, 0.15) is 510 Å². The molecule has 0 aliphatic heterocycles. The molecule has 0 aromatic heterocycles. The van der Waals surface area contributed by atoms with Crippen molar-refractivity contribution in [2.45, 2.75) is 493 Å². The number of rotatable bonds is 37. The Labute approximate surface area is 742 Å². The highest BCUT2D eigenvalue weighted by Crippen LogP contribution is 2.47. The van der Waals surface area contributed by atoms with Gasteiger partial charge in [-0.05, 0) is 232 Å². The van der Waals surface area contributed by atoms with Crippen LogP contribution in [0.4, 0.5) is 0 Å². The van der Waals surface area contributed by atoms with Crippen LogP contribution in [0, 0.1) is 146 Å². The fourth-order valence-corrected chi connectivity index (χ4v) is 21.3. The van der Waals surface area contributed by atoms with Crippen molar-refractivity contribution >= 4 is 0 Å². The summed E-state index contributed by atoms with van der Waals surface area (Å²) in [6.07, 6.45) is 45.0. The van der Waals surface area contributed by atoms with Crippen LogP contribution >= 0.6 is 0 Å². The normalized spacial score (nSPS) is 20.4. The first-order valence-corrected chi connectivity index (χ1v) is 51.9. The Hall–Kier alpha value is -2.34. The summed E-state index contributed by atoms with van der Waals surface area (Å²) in [6.45, 7) is 92.5. The van der Waals surface area contributed by atoms with E-state index in [0.29, 0.717) is 27.6 Å². The van der Waals surface area contributed by atoms with Crippen LogP contribution in [0.5, 0.6) is 0 Å². The summed E-state index contributed by atoms with van der Waals surface area (Å²) in [6, 6.07) is 32.9. The molecule has 688 valence electrons. The quantitative estimate of drug-likeness (QED) is 0.0540. The first-order valence-electron chi connectivity index (χ1n) is 51.9. The van der Waals surface area contributed by atoms with Gasteiger partial charge in [0.15, 0.2) is 0 Å². The molecule has 0 nitrogen and oxygen atoms in total. The van der Waals surface area contributed by atoms with Crippen molar-refractivity contribution in [3.63, 3.8) is 0 Å². The summed E-state index contributed by atoms with van der Waals surface area (Å²) < 4.78 is 0. The largest absolute Gasteiger partial charge is 0.0654 e. The second-order valence-electron chi connectivity index (χ2n) is 45.9. The number of hydrogen-bond donors (Lipinski definition) is 0. The molecule has 0 heteroatoms. The van der Waals surface area contributed by atoms with Crippen molar-refractivity contribution in [2.24, 2.45) is 146 Å². The maximum absolute atomic E-state index is 2.57. The van der Waals surface area contributed by atoms with Gasteiger partial charge in [-0.15, -0.1) is 0 Å². The number of benzene rings is 3. The van der Waals surface area contributed by atoms with Gasteiger partial charge >= 0.3 is 0 Å². The molecule has 3 saturated carbocycles. The average Bonchev–Trinajstić information content (AvgIpc) is 1.14. The molecule has 3 aromatic carbocycles. The number of unbranched alkanes of at least 4 members (excludes halogenated alkanes) is 3. The van der Waals surface area contributed by atoms with E-state index in [1.54, 1.807) is 0 Å². The van der Waals surface area contributed by atoms with Gasteiger partial charge in [0.1, 0.15) is 0 Å². The molecular formula is C117H220. The molecule has 13 unspecified atom stereocenters. The Morgan fingerprint density at radius 2 is 0.641 bits per heavy atom. The standard InChI is InChI=1S/C17H28.C16H30.C15H30.C15H32.2C14H22.2C13H28/c1-6-7-13-16(14(2)17(3,4)5)15-11-9-8-10-12-15;1-12-8-4-6-10-15(12)14(3)16-11-7-5-9-13(16)2;1-5-8-15(12(2)3)11-13(4)14-9-6-7-10-14;1-9-12(14(3,4)5)11-13(10-2)15(6,7)8;2*1-4-5-11-14(12(2)3)13-9-7-6-8-10-13;1-8-10(3)11(4)12(9-2)13(5,6)7;1-7-8-13(11(4)5)9-12(6)10(2)3/h8-12,14,16H,6-7,13H2,1-5H3;12-16H,4-11H2,1-3H3;12-15H,5-11H2,1-4H3;12-13H,9-11H2,1-8H3;2*6-10,12,14H,4-5,11H2,1-3H3;10-12H,8-9H2,1-7H3;10-13H,7-9H2,1-6H3/t14-,16?;12-,13+,14?,15?,16?;13-,15?;;;;;12-,13?/m1.1....1/s1. The molecule has 3 aliphatic carbocycles. The maximum atomic E-state index is 2.57. The van der Waals surface area contributed by atoms with Gasteiger partial charge in [-0.3, -0.25) is 0 Å². The van der Waals surface area contributed by atoms with Gasteiger partial charge < -0.3 is 0 Å². The Bertz CT molecular complexity index is 2540. The van der Waals surface area contributed by atoms with E-state index in [0.717, 1.165) is 136 Å².